The molecule has 0 aromatic heterocycles. The van der Waals surface area contributed by atoms with E-state index in [1.54, 1.807) is 0 Å². The zero-order chi connectivity index (χ0) is 7.90. The first kappa shape index (κ1) is 7.14. The third-order valence-electron chi connectivity index (χ3n) is 2.95. The zero-order valence-electron chi connectivity index (χ0n) is 7.10. The van der Waals surface area contributed by atoms with Crippen molar-refractivity contribution in [2.24, 2.45) is 5.41 Å². The first-order valence-electron chi connectivity index (χ1n) is 4.58. The molecule has 1 spiro atoms. The van der Waals surface area contributed by atoms with Crippen LogP contribution in [0.2, 0.25) is 0 Å². The summed E-state index contributed by atoms with van der Waals surface area (Å²) in [6.07, 6.45) is 4.55. The lowest BCUT2D eigenvalue weighted by Gasteiger charge is -2.14. The summed E-state index contributed by atoms with van der Waals surface area (Å²) < 4.78 is 0. The first-order chi connectivity index (χ1) is 5.28. The molecule has 2 rings (SSSR count). The summed E-state index contributed by atoms with van der Waals surface area (Å²) in [5, 5.41) is 0. The largest absolute Gasteiger partial charge is 0.342 e. The molecule has 2 nitrogen and oxygen atoms in total. The topological polar surface area (TPSA) is 20.3 Å². The summed E-state index contributed by atoms with van der Waals surface area (Å²) in [7, 11) is 0. The summed E-state index contributed by atoms with van der Waals surface area (Å²) in [6.45, 7) is 4.12. The van der Waals surface area contributed by atoms with Gasteiger partial charge in [-0.25, -0.2) is 0 Å². The van der Waals surface area contributed by atoms with E-state index in [-0.39, 0.29) is 5.41 Å². The third-order valence-corrected chi connectivity index (χ3v) is 2.95. The van der Waals surface area contributed by atoms with Crippen LogP contribution in [0.4, 0.5) is 0 Å². The van der Waals surface area contributed by atoms with Crippen LogP contribution in [0.25, 0.3) is 0 Å². The average molecular weight is 153 g/mol. The monoisotopic (exact) mass is 153 g/mol. The van der Waals surface area contributed by atoms with Crippen LogP contribution < -0.4 is 0 Å². The number of carbonyl (C=O) groups is 1. The SMILES string of the molecule is CCCN1CCC2(CC2)C1=O. The molecule has 1 saturated heterocycles. The minimum atomic E-state index is 0.162. The van der Waals surface area contributed by atoms with Crippen molar-refractivity contribution >= 4 is 5.91 Å². The quantitative estimate of drug-likeness (QED) is 0.587. The number of hydrogen-bond acceptors (Lipinski definition) is 1. The second-order valence-electron chi connectivity index (χ2n) is 3.82. The number of rotatable bonds is 2. The molecule has 0 unspecified atom stereocenters. The second kappa shape index (κ2) is 2.23. The van der Waals surface area contributed by atoms with E-state index in [2.05, 4.69) is 6.92 Å². The molecule has 0 N–H and O–H groups in total. The van der Waals surface area contributed by atoms with Gasteiger partial charge in [0, 0.05) is 13.1 Å². The minimum Gasteiger partial charge on any atom is -0.342 e. The number of nitrogens with zero attached hydrogens (tertiary/aromatic N) is 1. The van der Waals surface area contributed by atoms with Gasteiger partial charge >= 0.3 is 0 Å². The zero-order valence-corrected chi connectivity index (χ0v) is 7.10. The van der Waals surface area contributed by atoms with Crippen molar-refractivity contribution < 1.29 is 4.79 Å². The third kappa shape index (κ3) is 0.959. The summed E-state index contributed by atoms with van der Waals surface area (Å²) in [6, 6.07) is 0. The maximum Gasteiger partial charge on any atom is 0.228 e. The normalized spacial score (nSPS) is 26.6. The van der Waals surface area contributed by atoms with Crippen molar-refractivity contribution in [3.8, 4) is 0 Å². The van der Waals surface area contributed by atoms with Crippen LogP contribution in [0.15, 0.2) is 0 Å². The molecule has 0 atom stereocenters. The summed E-state index contributed by atoms with van der Waals surface area (Å²) >= 11 is 0. The van der Waals surface area contributed by atoms with Gasteiger partial charge in [0.05, 0.1) is 5.41 Å². The van der Waals surface area contributed by atoms with E-state index in [0.717, 1.165) is 38.8 Å². The van der Waals surface area contributed by atoms with E-state index in [9.17, 15) is 4.79 Å². The predicted molar refractivity (Wildman–Crippen MR) is 43.2 cm³/mol. The maximum absolute atomic E-state index is 11.6. The van der Waals surface area contributed by atoms with Crippen LogP contribution in [-0.4, -0.2) is 23.9 Å². The molecule has 0 aromatic carbocycles. The van der Waals surface area contributed by atoms with Crippen LogP contribution in [0.3, 0.4) is 0 Å². The Labute approximate surface area is 67.6 Å². The number of likely N-dealkylation sites (tertiary alicyclic amines) is 1. The van der Waals surface area contributed by atoms with E-state index in [1.807, 2.05) is 4.90 Å². The molecular weight excluding hydrogens is 138 g/mol. The molecule has 0 aromatic rings. The molecular formula is C9H15NO. The van der Waals surface area contributed by atoms with Crippen molar-refractivity contribution in [3.05, 3.63) is 0 Å². The van der Waals surface area contributed by atoms with Crippen LogP contribution in [0.5, 0.6) is 0 Å². The average Bonchev–Trinajstić information content (AvgIpc) is 2.71. The van der Waals surface area contributed by atoms with E-state index in [0.29, 0.717) is 5.91 Å². The molecule has 2 heteroatoms. The fourth-order valence-electron chi connectivity index (χ4n) is 1.99. The van der Waals surface area contributed by atoms with Crippen molar-refractivity contribution in [1.29, 1.82) is 0 Å². The van der Waals surface area contributed by atoms with Gasteiger partial charge in [-0.2, -0.15) is 0 Å². The van der Waals surface area contributed by atoms with E-state index >= 15 is 0 Å². The highest BCUT2D eigenvalue weighted by Crippen LogP contribution is 2.53. The Morgan fingerprint density at radius 3 is 2.64 bits per heavy atom. The van der Waals surface area contributed by atoms with Gasteiger partial charge in [0.1, 0.15) is 0 Å². The highest BCUT2D eigenvalue weighted by molar-refractivity contribution is 5.87. The molecule has 11 heavy (non-hydrogen) atoms. The smallest absolute Gasteiger partial charge is 0.228 e. The Kier molecular flexibility index (Phi) is 1.44. The lowest BCUT2D eigenvalue weighted by Crippen LogP contribution is -2.28. The van der Waals surface area contributed by atoms with Gasteiger partial charge in [-0.3, -0.25) is 4.79 Å². The fraction of sp³-hybridized carbons (Fsp3) is 0.889. The van der Waals surface area contributed by atoms with Crippen LogP contribution >= 0.6 is 0 Å². The second-order valence-corrected chi connectivity index (χ2v) is 3.82. The molecule has 0 bridgehead atoms. The van der Waals surface area contributed by atoms with E-state index in [1.165, 1.54) is 0 Å². The number of amides is 1. The molecule has 62 valence electrons. The molecule has 2 fully saturated rings. The Morgan fingerprint density at radius 2 is 2.18 bits per heavy atom. The maximum atomic E-state index is 11.6. The first-order valence-corrected chi connectivity index (χ1v) is 4.58. The Morgan fingerprint density at radius 1 is 1.45 bits per heavy atom. The highest BCUT2D eigenvalue weighted by atomic mass is 16.2. The summed E-state index contributed by atoms with van der Waals surface area (Å²) in [5.41, 5.74) is 0.162. The van der Waals surface area contributed by atoms with Crippen molar-refractivity contribution in [3.63, 3.8) is 0 Å². The van der Waals surface area contributed by atoms with E-state index < -0.39 is 0 Å². The van der Waals surface area contributed by atoms with Gasteiger partial charge < -0.3 is 4.90 Å². The Balaban J connectivity index is 2.01. The molecule has 0 radical (unpaired) electrons. The molecule has 1 saturated carbocycles. The van der Waals surface area contributed by atoms with Gasteiger partial charge in [0.2, 0.25) is 5.91 Å². The van der Waals surface area contributed by atoms with Crippen LogP contribution in [0.1, 0.15) is 32.6 Å². The van der Waals surface area contributed by atoms with E-state index in [4.69, 9.17) is 0 Å². The summed E-state index contributed by atoms with van der Waals surface area (Å²) in [4.78, 5) is 13.6. The molecule has 1 aliphatic carbocycles. The van der Waals surface area contributed by atoms with Crippen molar-refractivity contribution in [2.75, 3.05) is 13.1 Å². The Bertz CT molecular complexity index is 184. The van der Waals surface area contributed by atoms with Crippen molar-refractivity contribution in [2.45, 2.75) is 32.6 Å². The van der Waals surface area contributed by atoms with Crippen molar-refractivity contribution in [1.82, 2.24) is 4.90 Å². The highest BCUT2D eigenvalue weighted by Gasteiger charge is 2.54. The van der Waals surface area contributed by atoms with Crippen LogP contribution in [-0.2, 0) is 4.79 Å². The lowest BCUT2D eigenvalue weighted by molar-refractivity contribution is -0.132. The number of carbonyl (C=O) groups excluding carboxylic acids is 1. The molecule has 1 amide bonds. The van der Waals surface area contributed by atoms with Gasteiger partial charge in [-0.15, -0.1) is 0 Å². The van der Waals surface area contributed by atoms with Crippen LogP contribution in [0, 0.1) is 5.41 Å². The predicted octanol–water partition coefficient (Wildman–Crippen LogP) is 1.41. The molecule has 2 aliphatic rings. The minimum absolute atomic E-state index is 0.162. The van der Waals surface area contributed by atoms with Gasteiger partial charge in [0.25, 0.3) is 0 Å². The Hall–Kier alpha value is -0.530. The van der Waals surface area contributed by atoms with Gasteiger partial charge in [-0.1, -0.05) is 6.92 Å². The van der Waals surface area contributed by atoms with Gasteiger partial charge in [0.15, 0.2) is 0 Å². The molecule has 1 aliphatic heterocycles. The molecule has 1 heterocycles. The summed E-state index contributed by atoms with van der Waals surface area (Å²) in [5.74, 6) is 0.444. The van der Waals surface area contributed by atoms with Gasteiger partial charge in [-0.05, 0) is 25.7 Å². The fourth-order valence-corrected chi connectivity index (χ4v) is 1.99. The number of hydrogen-bond donors (Lipinski definition) is 0. The lowest BCUT2D eigenvalue weighted by atomic mass is 10.1. The standard InChI is InChI=1S/C9H15NO/c1-2-6-10-7-5-9(3-4-9)8(10)11/h2-7H2,1H3.